The highest BCUT2D eigenvalue weighted by Crippen LogP contribution is 2.12. The Balaban J connectivity index is 2.05. The smallest absolute Gasteiger partial charge is 0.240 e. The third kappa shape index (κ3) is 3.82. The number of nitrogens with zero attached hydrogens (tertiary/aromatic N) is 1. The van der Waals surface area contributed by atoms with E-state index in [4.69, 9.17) is 16.1 Å². The number of aromatic nitrogens is 1. The van der Waals surface area contributed by atoms with Crippen LogP contribution in [0.1, 0.15) is 17.0 Å². The summed E-state index contributed by atoms with van der Waals surface area (Å²) in [5.74, 6) is 1.15. The summed E-state index contributed by atoms with van der Waals surface area (Å²) < 4.78 is 31.5. The first-order valence-corrected chi connectivity index (χ1v) is 8.10. The maximum Gasteiger partial charge on any atom is 0.240 e. The Labute approximate surface area is 123 Å². The quantitative estimate of drug-likeness (QED) is 0.830. The van der Waals surface area contributed by atoms with Crippen LogP contribution < -0.4 is 4.72 Å². The van der Waals surface area contributed by atoms with Crippen molar-refractivity contribution in [3.8, 4) is 0 Å². The lowest BCUT2D eigenvalue weighted by molar-refractivity contribution is 0.390. The minimum atomic E-state index is -3.55. The van der Waals surface area contributed by atoms with Gasteiger partial charge < -0.3 is 4.52 Å². The monoisotopic (exact) mass is 314 g/mol. The summed E-state index contributed by atoms with van der Waals surface area (Å²) in [6.07, 6.45) is 0.716. The third-order valence-electron chi connectivity index (χ3n) is 2.74. The number of hydrogen-bond donors (Lipinski definition) is 1. The van der Waals surface area contributed by atoms with Gasteiger partial charge in [0.1, 0.15) is 5.76 Å². The van der Waals surface area contributed by atoms with E-state index in [-0.39, 0.29) is 11.4 Å². The molecule has 2 rings (SSSR count). The molecule has 0 amide bonds. The maximum absolute atomic E-state index is 12.1. The molecular weight excluding hydrogens is 300 g/mol. The van der Waals surface area contributed by atoms with Gasteiger partial charge in [-0.1, -0.05) is 17.3 Å². The van der Waals surface area contributed by atoms with Crippen molar-refractivity contribution in [2.75, 3.05) is 5.88 Å². The van der Waals surface area contributed by atoms with Crippen molar-refractivity contribution in [3.63, 3.8) is 0 Å². The number of benzene rings is 1. The fourth-order valence-corrected chi connectivity index (χ4v) is 2.92. The van der Waals surface area contributed by atoms with E-state index in [0.29, 0.717) is 23.8 Å². The Bertz CT molecular complexity index is 665. The number of aryl methyl sites for hydroxylation is 2. The first-order chi connectivity index (χ1) is 9.51. The number of alkyl halides is 1. The van der Waals surface area contributed by atoms with E-state index in [1.807, 2.05) is 0 Å². The van der Waals surface area contributed by atoms with Crippen LogP contribution in [0.2, 0.25) is 0 Å². The van der Waals surface area contributed by atoms with Gasteiger partial charge >= 0.3 is 0 Å². The minimum absolute atomic E-state index is 0.100. The van der Waals surface area contributed by atoms with Crippen molar-refractivity contribution in [3.05, 3.63) is 47.3 Å². The van der Waals surface area contributed by atoms with E-state index in [1.165, 1.54) is 0 Å². The fraction of sp³-hybridized carbons (Fsp3) is 0.308. The predicted octanol–water partition coefficient (Wildman–Crippen LogP) is 2.24. The molecule has 108 valence electrons. The summed E-state index contributed by atoms with van der Waals surface area (Å²) in [4.78, 5) is 0.219. The van der Waals surface area contributed by atoms with Crippen molar-refractivity contribution >= 4 is 21.6 Å². The molecule has 7 heteroatoms. The Morgan fingerprint density at radius 3 is 2.55 bits per heavy atom. The predicted molar refractivity (Wildman–Crippen MR) is 76.1 cm³/mol. The molecule has 0 fully saturated rings. The van der Waals surface area contributed by atoms with Crippen LogP contribution >= 0.6 is 11.6 Å². The summed E-state index contributed by atoms with van der Waals surface area (Å²) in [5, 5.41) is 3.73. The summed E-state index contributed by atoms with van der Waals surface area (Å²) in [6, 6.07) is 8.34. The summed E-state index contributed by atoms with van der Waals surface area (Å²) in [5.41, 5.74) is 1.55. The van der Waals surface area contributed by atoms with Gasteiger partial charge in [0.25, 0.3) is 0 Å². The van der Waals surface area contributed by atoms with Gasteiger partial charge in [-0.15, -0.1) is 11.6 Å². The molecule has 0 unspecified atom stereocenters. The Morgan fingerprint density at radius 1 is 1.30 bits per heavy atom. The first-order valence-electron chi connectivity index (χ1n) is 6.08. The normalized spacial score (nSPS) is 11.7. The average Bonchev–Trinajstić information content (AvgIpc) is 2.84. The lowest BCUT2D eigenvalue weighted by atomic mass is 10.2. The molecule has 1 heterocycles. The molecule has 5 nitrogen and oxygen atoms in total. The fourth-order valence-electron chi connectivity index (χ4n) is 1.70. The number of hydrogen-bond acceptors (Lipinski definition) is 4. The Hall–Kier alpha value is -1.37. The van der Waals surface area contributed by atoms with Crippen LogP contribution in [0.25, 0.3) is 0 Å². The Kier molecular flexibility index (Phi) is 4.80. The first kappa shape index (κ1) is 15.0. The zero-order chi connectivity index (χ0) is 14.6. The van der Waals surface area contributed by atoms with Crippen molar-refractivity contribution in [2.24, 2.45) is 0 Å². The van der Waals surface area contributed by atoms with Crippen molar-refractivity contribution < 1.29 is 12.9 Å². The maximum atomic E-state index is 12.1. The number of rotatable bonds is 6. The topological polar surface area (TPSA) is 72.2 Å². The molecule has 0 saturated heterocycles. The van der Waals surface area contributed by atoms with Crippen LogP contribution in [0.15, 0.2) is 39.8 Å². The van der Waals surface area contributed by atoms with Crippen molar-refractivity contribution in [1.29, 1.82) is 0 Å². The van der Waals surface area contributed by atoms with Crippen LogP contribution in [0.3, 0.4) is 0 Å². The number of sulfonamides is 1. The summed E-state index contributed by atoms with van der Waals surface area (Å²) >= 11 is 5.64. The van der Waals surface area contributed by atoms with E-state index >= 15 is 0 Å². The summed E-state index contributed by atoms with van der Waals surface area (Å²) in [7, 11) is -3.55. The van der Waals surface area contributed by atoms with Gasteiger partial charge in [-0.3, -0.25) is 0 Å². The lowest BCUT2D eigenvalue weighted by Gasteiger charge is -2.06. The van der Waals surface area contributed by atoms with Crippen molar-refractivity contribution in [2.45, 2.75) is 24.8 Å². The Morgan fingerprint density at radius 2 is 2.00 bits per heavy atom. The van der Waals surface area contributed by atoms with Gasteiger partial charge in [0.2, 0.25) is 10.0 Å². The molecule has 0 aliphatic rings. The van der Waals surface area contributed by atoms with E-state index in [0.717, 1.165) is 5.56 Å². The molecule has 0 saturated carbocycles. The van der Waals surface area contributed by atoms with E-state index in [1.54, 1.807) is 37.3 Å². The highest BCUT2D eigenvalue weighted by Gasteiger charge is 2.14. The molecule has 0 bridgehead atoms. The van der Waals surface area contributed by atoms with Gasteiger partial charge in [-0.05, 0) is 31.0 Å². The zero-order valence-electron chi connectivity index (χ0n) is 11.0. The van der Waals surface area contributed by atoms with Gasteiger partial charge in [-0.2, -0.15) is 0 Å². The minimum Gasteiger partial charge on any atom is -0.361 e. The third-order valence-corrected chi connectivity index (χ3v) is 4.34. The molecular formula is C13H15ClN2O3S. The van der Waals surface area contributed by atoms with Crippen LogP contribution in [-0.4, -0.2) is 19.5 Å². The largest absolute Gasteiger partial charge is 0.361 e. The van der Waals surface area contributed by atoms with Crippen LogP contribution in [0.5, 0.6) is 0 Å². The second-order valence-corrected chi connectivity index (χ2v) is 6.48. The van der Waals surface area contributed by atoms with E-state index < -0.39 is 10.0 Å². The van der Waals surface area contributed by atoms with Crippen molar-refractivity contribution in [1.82, 2.24) is 9.88 Å². The molecule has 0 aliphatic heterocycles. The number of nitrogens with one attached hydrogen (secondary N) is 1. The average molecular weight is 315 g/mol. The van der Waals surface area contributed by atoms with E-state index in [2.05, 4.69) is 9.88 Å². The van der Waals surface area contributed by atoms with Crippen LogP contribution in [-0.2, 0) is 23.0 Å². The van der Waals surface area contributed by atoms with Crippen LogP contribution in [0, 0.1) is 6.92 Å². The molecule has 2 aromatic rings. The molecule has 0 spiro atoms. The standard InChI is InChI=1S/C13H15ClN2O3S/c1-10-8-12(16-19-10)9-15-20(17,18)13-4-2-11(3-5-13)6-7-14/h2-5,8,15H,6-7,9H2,1H3. The second-order valence-electron chi connectivity index (χ2n) is 4.34. The molecule has 0 aliphatic carbocycles. The molecule has 20 heavy (non-hydrogen) atoms. The van der Waals surface area contributed by atoms with Gasteiger partial charge in [0, 0.05) is 11.9 Å². The lowest BCUT2D eigenvalue weighted by Crippen LogP contribution is -2.23. The number of halogens is 1. The van der Waals surface area contributed by atoms with Gasteiger partial charge in [0.15, 0.2) is 0 Å². The zero-order valence-corrected chi connectivity index (χ0v) is 12.5. The molecule has 1 aromatic carbocycles. The molecule has 0 radical (unpaired) electrons. The van der Waals surface area contributed by atoms with Crippen LogP contribution in [0.4, 0.5) is 0 Å². The SMILES string of the molecule is Cc1cc(CNS(=O)(=O)c2ccc(CCCl)cc2)no1. The summed E-state index contributed by atoms with van der Waals surface area (Å²) in [6.45, 7) is 1.85. The molecule has 1 aromatic heterocycles. The van der Waals surface area contributed by atoms with E-state index in [9.17, 15) is 8.42 Å². The van der Waals surface area contributed by atoms with Gasteiger partial charge in [0.05, 0.1) is 17.1 Å². The highest BCUT2D eigenvalue weighted by atomic mass is 35.5. The molecule has 1 N–H and O–H groups in total. The second kappa shape index (κ2) is 6.39. The molecule has 0 atom stereocenters. The van der Waals surface area contributed by atoms with Gasteiger partial charge in [-0.25, -0.2) is 13.1 Å². The highest BCUT2D eigenvalue weighted by molar-refractivity contribution is 7.89.